The Labute approximate surface area is 131 Å². The molecule has 0 bridgehead atoms. The van der Waals surface area contributed by atoms with E-state index in [1.54, 1.807) is 17.0 Å². The van der Waals surface area contributed by atoms with Gasteiger partial charge in [-0.1, -0.05) is 6.07 Å². The Morgan fingerprint density at radius 1 is 1.27 bits per heavy atom. The number of nitrogens with two attached hydrogens (primary N) is 1. The van der Waals surface area contributed by atoms with Gasteiger partial charge in [0.1, 0.15) is 11.4 Å². The van der Waals surface area contributed by atoms with E-state index in [9.17, 15) is 9.90 Å². The number of rotatable bonds is 2. The highest BCUT2D eigenvalue weighted by Gasteiger charge is 2.25. The summed E-state index contributed by atoms with van der Waals surface area (Å²) in [6.45, 7) is 9.26. The smallest absolute Gasteiger partial charge is 0.410 e. The summed E-state index contributed by atoms with van der Waals surface area (Å²) in [5.74, 6) is 0.110. The Morgan fingerprint density at radius 2 is 1.91 bits per heavy atom. The maximum atomic E-state index is 12.0. The number of ether oxygens (including phenoxy) is 1. The predicted octanol–water partition coefficient (Wildman–Crippen LogP) is 2.03. The van der Waals surface area contributed by atoms with Crippen molar-refractivity contribution in [2.24, 2.45) is 0 Å². The fraction of sp³-hybridized carbons (Fsp3) is 0.562. The van der Waals surface area contributed by atoms with E-state index in [-0.39, 0.29) is 11.8 Å². The van der Waals surface area contributed by atoms with Crippen LogP contribution in [0.4, 0.5) is 10.5 Å². The van der Waals surface area contributed by atoms with Gasteiger partial charge in [0.15, 0.2) is 0 Å². The molecule has 1 aromatic rings. The Morgan fingerprint density at radius 3 is 2.45 bits per heavy atom. The van der Waals surface area contributed by atoms with Gasteiger partial charge in [0, 0.05) is 32.7 Å². The van der Waals surface area contributed by atoms with Crippen molar-refractivity contribution in [2.75, 3.05) is 31.9 Å². The Kier molecular flexibility index (Phi) is 4.81. The van der Waals surface area contributed by atoms with E-state index in [1.807, 2.05) is 26.8 Å². The van der Waals surface area contributed by atoms with Crippen LogP contribution in [-0.2, 0) is 11.3 Å². The number of aromatic hydroxyl groups is 1. The SMILES string of the molecule is CC(C)(C)OC(=O)N1CCN(Cc2ccc(O)c(N)c2)CC1. The molecular weight excluding hydrogens is 282 g/mol. The average molecular weight is 307 g/mol. The summed E-state index contributed by atoms with van der Waals surface area (Å²) >= 11 is 0. The topological polar surface area (TPSA) is 79.0 Å². The molecule has 1 fully saturated rings. The fourth-order valence-corrected chi connectivity index (χ4v) is 2.38. The van der Waals surface area contributed by atoms with E-state index in [2.05, 4.69) is 4.90 Å². The minimum Gasteiger partial charge on any atom is -0.506 e. The molecule has 3 N–H and O–H groups in total. The largest absolute Gasteiger partial charge is 0.506 e. The summed E-state index contributed by atoms with van der Waals surface area (Å²) in [7, 11) is 0. The lowest BCUT2D eigenvalue weighted by atomic mass is 10.1. The van der Waals surface area contributed by atoms with Gasteiger partial charge in [0.2, 0.25) is 0 Å². The highest BCUT2D eigenvalue weighted by Crippen LogP contribution is 2.21. The van der Waals surface area contributed by atoms with Crippen molar-refractivity contribution in [3.8, 4) is 5.75 Å². The van der Waals surface area contributed by atoms with Crippen LogP contribution >= 0.6 is 0 Å². The number of anilines is 1. The van der Waals surface area contributed by atoms with Crippen molar-refractivity contribution >= 4 is 11.8 Å². The number of benzene rings is 1. The third-order valence-corrected chi connectivity index (χ3v) is 3.52. The van der Waals surface area contributed by atoms with Gasteiger partial charge in [-0.25, -0.2) is 4.79 Å². The summed E-state index contributed by atoms with van der Waals surface area (Å²) in [6, 6.07) is 5.27. The molecule has 6 heteroatoms. The van der Waals surface area contributed by atoms with Crippen molar-refractivity contribution in [3.63, 3.8) is 0 Å². The molecule has 0 atom stereocenters. The Balaban J connectivity index is 1.84. The van der Waals surface area contributed by atoms with Crippen LogP contribution in [0.15, 0.2) is 18.2 Å². The zero-order valence-electron chi connectivity index (χ0n) is 13.5. The number of carbonyl (C=O) groups is 1. The number of carbonyl (C=O) groups excluding carboxylic acids is 1. The minimum atomic E-state index is -0.461. The zero-order chi connectivity index (χ0) is 16.3. The number of piperazine rings is 1. The molecule has 0 saturated carbocycles. The van der Waals surface area contributed by atoms with Gasteiger partial charge >= 0.3 is 6.09 Å². The van der Waals surface area contributed by atoms with Crippen molar-refractivity contribution < 1.29 is 14.6 Å². The van der Waals surface area contributed by atoms with E-state index in [0.29, 0.717) is 18.8 Å². The summed E-state index contributed by atoms with van der Waals surface area (Å²) in [6.07, 6.45) is -0.249. The Hall–Kier alpha value is -1.95. The molecule has 122 valence electrons. The van der Waals surface area contributed by atoms with Crippen molar-refractivity contribution in [2.45, 2.75) is 32.9 Å². The number of phenols is 1. The highest BCUT2D eigenvalue weighted by molar-refractivity contribution is 5.68. The maximum absolute atomic E-state index is 12.0. The first kappa shape index (κ1) is 16.4. The molecule has 2 rings (SSSR count). The van der Waals surface area contributed by atoms with E-state index < -0.39 is 5.60 Å². The van der Waals surface area contributed by atoms with Crippen LogP contribution in [0.5, 0.6) is 5.75 Å². The first-order valence-electron chi connectivity index (χ1n) is 7.52. The number of hydrogen-bond donors (Lipinski definition) is 2. The second-order valence-corrected chi connectivity index (χ2v) is 6.64. The summed E-state index contributed by atoms with van der Waals surface area (Å²) in [5.41, 5.74) is 6.70. The monoisotopic (exact) mass is 307 g/mol. The molecule has 1 aliphatic heterocycles. The lowest BCUT2D eigenvalue weighted by molar-refractivity contribution is 0.0139. The van der Waals surface area contributed by atoms with Gasteiger partial charge in [-0.3, -0.25) is 4.90 Å². The van der Waals surface area contributed by atoms with E-state index in [1.165, 1.54) is 0 Å². The average Bonchev–Trinajstić information content (AvgIpc) is 2.42. The van der Waals surface area contributed by atoms with Gasteiger partial charge < -0.3 is 20.5 Å². The number of hydrogen-bond acceptors (Lipinski definition) is 5. The molecule has 0 aromatic heterocycles. The highest BCUT2D eigenvalue weighted by atomic mass is 16.6. The predicted molar refractivity (Wildman–Crippen MR) is 85.6 cm³/mol. The maximum Gasteiger partial charge on any atom is 0.410 e. The second kappa shape index (κ2) is 6.44. The molecule has 0 aliphatic carbocycles. The van der Waals surface area contributed by atoms with Crippen LogP contribution in [0.2, 0.25) is 0 Å². The molecule has 1 aromatic carbocycles. The molecule has 0 radical (unpaired) electrons. The summed E-state index contributed by atoms with van der Waals surface area (Å²) in [5, 5.41) is 9.44. The van der Waals surface area contributed by atoms with Gasteiger partial charge in [0.05, 0.1) is 5.69 Å². The molecule has 1 amide bonds. The van der Waals surface area contributed by atoms with Gasteiger partial charge in [-0.2, -0.15) is 0 Å². The fourth-order valence-electron chi connectivity index (χ4n) is 2.38. The molecule has 1 saturated heterocycles. The standard InChI is InChI=1S/C16H25N3O3/c1-16(2,3)22-15(21)19-8-6-18(7-9-19)11-12-4-5-14(20)13(17)10-12/h4-5,10,20H,6-9,11,17H2,1-3H3. The van der Waals surface area contributed by atoms with Crippen molar-refractivity contribution in [1.29, 1.82) is 0 Å². The van der Waals surface area contributed by atoms with Crippen LogP contribution < -0.4 is 5.73 Å². The third kappa shape index (κ3) is 4.53. The van der Waals surface area contributed by atoms with Crippen molar-refractivity contribution in [3.05, 3.63) is 23.8 Å². The molecule has 1 heterocycles. The number of nitrogens with zero attached hydrogens (tertiary/aromatic N) is 2. The third-order valence-electron chi connectivity index (χ3n) is 3.52. The molecule has 6 nitrogen and oxygen atoms in total. The first-order chi connectivity index (χ1) is 10.2. The molecule has 0 spiro atoms. The quantitative estimate of drug-likeness (QED) is 0.645. The number of amides is 1. The number of nitrogen functional groups attached to an aromatic ring is 1. The van der Waals surface area contributed by atoms with Crippen molar-refractivity contribution in [1.82, 2.24) is 9.80 Å². The van der Waals surface area contributed by atoms with Gasteiger partial charge in [0.25, 0.3) is 0 Å². The van der Waals surface area contributed by atoms with Crippen LogP contribution in [-0.4, -0.2) is 52.8 Å². The van der Waals surface area contributed by atoms with E-state index in [4.69, 9.17) is 10.5 Å². The molecule has 1 aliphatic rings. The lowest BCUT2D eigenvalue weighted by Gasteiger charge is -2.35. The summed E-state index contributed by atoms with van der Waals surface area (Å²) in [4.78, 5) is 16.0. The zero-order valence-corrected chi connectivity index (χ0v) is 13.5. The van der Waals surface area contributed by atoms with Crippen LogP contribution in [0.25, 0.3) is 0 Å². The van der Waals surface area contributed by atoms with E-state index >= 15 is 0 Å². The van der Waals surface area contributed by atoms with Gasteiger partial charge in [-0.15, -0.1) is 0 Å². The number of phenolic OH excluding ortho intramolecular Hbond substituents is 1. The van der Waals surface area contributed by atoms with E-state index in [0.717, 1.165) is 25.2 Å². The summed E-state index contributed by atoms with van der Waals surface area (Å²) < 4.78 is 5.38. The normalized spacial score (nSPS) is 16.6. The van der Waals surface area contributed by atoms with Crippen LogP contribution in [0.3, 0.4) is 0 Å². The van der Waals surface area contributed by atoms with Crippen LogP contribution in [0.1, 0.15) is 26.3 Å². The molecule has 0 unspecified atom stereocenters. The first-order valence-corrected chi connectivity index (χ1v) is 7.52. The minimum absolute atomic E-state index is 0.110. The Bertz CT molecular complexity index is 532. The molecular formula is C16H25N3O3. The van der Waals surface area contributed by atoms with Crippen LogP contribution in [0, 0.1) is 0 Å². The molecule has 22 heavy (non-hydrogen) atoms. The second-order valence-electron chi connectivity index (χ2n) is 6.64. The van der Waals surface area contributed by atoms with Gasteiger partial charge in [-0.05, 0) is 38.5 Å². The lowest BCUT2D eigenvalue weighted by Crippen LogP contribution is -2.49.